The van der Waals surface area contributed by atoms with Gasteiger partial charge in [0.1, 0.15) is 5.76 Å². The Hall–Kier alpha value is -1.92. The van der Waals surface area contributed by atoms with E-state index in [1.165, 1.54) is 12.1 Å². The Morgan fingerprint density at radius 1 is 1.10 bits per heavy atom. The van der Waals surface area contributed by atoms with Gasteiger partial charge in [-0.25, -0.2) is 13.1 Å². The van der Waals surface area contributed by atoms with E-state index in [4.69, 9.17) is 4.42 Å². The van der Waals surface area contributed by atoms with Gasteiger partial charge in [0, 0.05) is 11.6 Å². The first kappa shape index (κ1) is 14.5. The van der Waals surface area contributed by atoms with E-state index >= 15 is 0 Å². The van der Waals surface area contributed by atoms with Crippen LogP contribution in [-0.4, -0.2) is 20.7 Å². The monoisotopic (exact) mass is 293 g/mol. The van der Waals surface area contributed by atoms with Gasteiger partial charge in [-0.3, -0.25) is 4.79 Å². The highest BCUT2D eigenvalue weighted by molar-refractivity contribution is 7.89. The molecule has 2 aromatic rings. The van der Waals surface area contributed by atoms with Gasteiger partial charge in [0.05, 0.1) is 4.90 Å². The van der Waals surface area contributed by atoms with E-state index in [1.807, 2.05) is 0 Å². The minimum atomic E-state index is -3.49. The number of carbonyl (C=O) groups excluding carboxylic acids is 1. The molecule has 0 radical (unpaired) electrons. The molecular formula is C14H15NO4S. The Balaban J connectivity index is 2.28. The van der Waals surface area contributed by atoms with Gasteiger partial charge in [0.15, 0.2) is 12.0 Å². The Morgan fingerprint density at radius 3 is 2.25 bits per heavy atom. The summed E-state index contributed by atoms with van der Waals surface area (Å²) in [5.41, 5.74) is 0.710. The lowest BCUT2D eigenvalue weighted by Gasteiger charge is -2.09. The third kappa shape index (κ3) is 3.15. The molecule has 0 amide bonds. The van der Waals surface area contributed by atoms with Crippen molar-refractivity contribution in [1.29, 1.82) is 0 Å². The highest BCUT2D eigenvalue weighted by Crippen LogP contribution is 2.23. The molecule has 0 saturated heterocycles. The van der Waals surface area contributed by atoms with Crippen molar-refractivity contribution in [2.45, 2.75) is 24.8 Å². The highest BCUT2D eigenvalue weighted by atomic mass is 32.2. The lowest BCUT2D eigenvalue weighted by molar-refractivity contribution is 0.110. The zero-order valence-corrected chi connectivity index (χ0v) is 12.0. The molecule has 0 atom stereocenters. The molecule has 0 aliphatic rings. The van der Waals surface area contributed by atoms with Gasteiger partial charge in [0.2, 0.25) is 10.0 Å². The Kier molecular flexibility index (Phi) is 4.06. The van der Waals surface area contributed by atoms with E-state index in [-0.39, 0.29) is 16.7 Å². The summed E-state index contributed by atoms with van der Waals surface area (Å²) in [4.78, 5) is 10.7. The van der Waals surface area contributed by atoms with E-state index < -0.39 is 10.0 Å². The number of sulfonamides is 1. The molecule has 0 bridgehead atoms. The Labute approximate surface area is 117 Å². The quantitative estimate of drug-likeness (QED) is 0.859. The lowest BCUT2D eigenvalue weighted by Crippen LogP contribution is -2.30. The van der Waals surface area contributed by atoms with Gasteiger partial charge in [-0.1, -0.05) is 0 Å². The summed E-state index contributed by atoms with van der Waals surface area (Å²) in [5, 5.41) is 0. The van der Waals surface area contributed by atoms with Crippen LogP contribution in [0, 0.1) is 0 Å². The molecule has 6 heteroatoms. The van der Waals surface area contributed by atoms with Crippen LogP contribution in [0.4, 0.5) is 0 Å². The predicted molar refractivity (Wildman–Crippen MR) is 75.0 cm³/mol. The third-order valence-electron chi connectivity index (χ3n) is 2.58. The van der Waals surface area contributed by atoms with Crippen molar-refractivity contribution >= 4 is 16.3 Å². The molecule has 2 rings (SSSR count). The van der Waals surface area contributed by atoms with Gasteiger partial charge >= 0.3 is 0 Å². The van der Waals surface area contributed by atoms with E-state index in [0.717, 1.165) is 0 Å². The SMILES string of the molecule is CC(C)NS(=O)(=O)c1ccc(-c2ccc(C=O)o2)cc1. The van der Waals surface area contributed by atoms with Crippen LogP contribution in [0.2, 0.25) is 0 Å². The summed E-state index contributed by atoms with van der Waals surface area (Å²) < 4.78 is 31.7. The normalized spacial score (nSPS) is 11.8. The molecule has 0 aliphatic heterocycles. The minimum absolute atomic E-state index is 0.167. The maximum absolute atomic E-state index is 12.0. The summed E-state index contributed by atoms with van der Waals surface area (Å²) in [7, 11) is -3.49. The number of nitrogens with one attached hydrogen (secondary N) is 1. The number of furan rings is 1. The Morgan fingerprint density at radius 2 is 1.75 bits per heavy atom. The van der Waals surface area contributed by atoms with Crippen LogP contribution < -0.4 is 4.72 Å². The van der Waals surface area contributed by atoms with Crippen molar-refractivity contribution in [2.24, 2.45) is 0 Å². The van der Waals surface area contributed by atoms with Gasteiger partial charge in [-0.05, 0) is 50.2 Å². The first-order chi connectivity index (χ1) is 9.42. The van der Waals surface area contributed by atoms with Crippen LogP contribution >= 0.6 is 0 Å². The smallest absolute Gasteiger partial charge is 0.240 e. The number of benzene rings is 1. The molecule has 0 saturated carbocycles. The molecule has 0 fully saturated rings. The minimum Gasteiger partial charge on any atom is -0.453 e. The number of aldehydes is 1. The molecule has 106 valence electrons. The molecule has 0 unspecified atom stereocenters. The zero-order valence-electron chi connectivity index (χ0n) is 11.2. The largest absolute Gasteiger partial charge is 0.453 e. The van der Waals surface area contributed by atoms with Crippen LogP contribution in [0.1, 0.15) is 24.4 Å². The van der Waals surface area contributed by atoms with E-state index in [1.54, 1.807) is 38.1 Å². The molecule has 0 aliphatic carbocycles. The summed E-state index contributed by atoms with van der Waals surface area (Å²) in [6, 6.07) is 9.35. The number of rotatable bonds is 5. The number of hydrogen-bond donors (Lipinski definition) is 1. The van der Waals surface area contributed by atoms with Crippen LogP contribution in [0.5, 0.6) is 0 Å². The molecule has 20 heavy (non-hydrogen) atoms. The first-order valence-electron chi connectivity index (χ1n) is 6.10. The van der Waals surface area contributed by atoms with Crippen molar-refractivity contribution in [3.63, 3.8) is 0 Å². The second kappa shape index (κ2) is 5.60. The lowest BCUT2D eigenvalue weighted by atomic mass is 10.2. The third-order valence-corrected chi connectivity index (χ3v) is 4.26. The van der Waals surface area contributed by atoms with E-state index in [2.05, 4.69) is 4.72 Å². The average molecular weight is 293 g/mol. The average Bonchev–Trinajstić information content (AvgIpc) is 2.86. The van der Waals surface area contributed by atoms with Crippen LogP contribution in [-0.2, 0) is 10.0 Å². The molecule has 1 heterocycles. The zero-order chi connectivity index (χ0) is 14.8. The number of hydrogen-bond acceptors (Lipinski definition) is 4. The fraction of sp³-hybridized carbons (Fsp3) is 0.214. The fourth-order valence-electron chi connectivity index (χ4n) is 1.75. The Bertz CT molecular complexity index is 699. The standard InChI is InChI=1S/C14H15NO4S/c1-10(2)15-20(17,18)13-6-3-11(4-7-13)14-8-5-12(9-16)19-14/h3-10,15H,1-2H3. The molecule has 1 N–H and O–H groups in total. The van der Waals surface area contributed by atoms with E-state index in [0.29, 0.717) is 17.6 Å². The summed E-state index contributed by atoms with van der Waals surface area (Å²) in [6.07, 6.45) is 0.620. The van der Waals surface area contributed by atoms with Crippen molar-refractivity contribution < 1.29 is 17.6 Å². The van der Waals surface area contributed by atoms with Crippen molar-refractivity contribution in [3.8, 4) is 11.3 Å². The predicted octanol–water partition coefficient (Wildman–Crippen LogP) is 2.45. The van der Waals surface area contributed by atoms with Gasteiger partial charge in [-0.15, -0.1) is 0 Å². The van der Waals surface area contributed by atoms with Crippen LogP contribution in [0.3, 0.4) is 0 Å². The highest BCUT2D eigenvalue weighted by Gasteiger charge is 2.15. The van der Waals surface area contributed by atoms with E-state index in [9.17, 15) is 13.2 Å². The summed E-state index contributed by atoms with van der Waals surface area (Å²) >= 11 is 0. The first-order valence-corrected chi connectivity index (χ1v) is 7.58. The van der Waals surface area contributed by atoms with Crippen molar-refractivity contribution in [2.75, 3.05) is 0 Å². The summed E-state index contributed by atoms with van der Waals surface area (Å²) in [6.45, 7) is 3.52. The maximum Gasteiger partial charge on any atom is 0.240 e. The second-order valence-electron chi connectivity index (χ2n) is 4.62. The molecular weight excluding hydrogens is 278 g/mol. The van der Waals surface area contributed by atoms with Crippen LogP contribution in [0.25, 0.3) is 11.3 Å². The van der Waals surface area contributed by atoms with Crippen LogP contribution in [0.15, 0.2) is 45.7 Å². The topological polar surface area (TPSA) is 76.4 Å². The van der Waals surface area contributed by atoms with Crippen molar-refractivity contribution in [1.82, 2.24) is 4.72 Å². The summed E-state index contributed by atoms with van der Waals surface area (Å²) in [5.74, 6) is 0.756. The van der Waals surface area contributed by atoms with Gasteiger partial charge < -0.3 is 4.42 Å². The molecule has 1 aromatic carbocycles. The molecule has 5 nitrogen and oxygen atoms in total. The maximum atomic E-state index is 12.0. The van der Waals surface area contributed by atoms with Gasteiger partial charge in [0.25, 0.3) is 0 Å². The van der Waals surface area contributed by atoms with Gasteiger partial charge in [-0.2, -0.15) is 0 Å². The molecule has 1 aromatic heterocycles. The van der Waals surface area contributed by atoms with Crippen molar-refractivity contribution in [3.05, 3.63) is 42.2 Å². The number of carbonyl (C=O) groups is 1. The second-order valence-corrected chi connectivity index (χ2v) is 6.33. The molecule has 0 spiro atoms. The fourth-order valence-corrected chi connectivity index (χ4v) is 3.00.